The third-order valence-electron chi connectivity index (χ3n) is 5.30. The van der Waals surface area contributed by atoms with Crippen LogP contribution in [0, 0.1) is 11.8 Å². The fourth-order valence-electron chi connectivity index (χ4n) is 4.22. The van der Waals surface area contributed by atoms with Gasteiger partial charge < -0.3 is 15.2 Å². The molecular formula is C18H28N4O4S. The molecule has 2 N–H and O–H groups in total. The number of carbonyl (C=O) groups is 2. The van der Waals surface area contributed by atoms with Crippen LogP contribution < -0.4 is 5.32 Å². The van der Waals surface area contributed by atoms with Crippen LogP contribution in [-0.4, -0.2) is 72.8 Å². The molecule has 3 rings (SSSR count). The quantitative estimate of drug-likeness (QED) is 0.648. The van der Waals surface area contributed by atoms with Gasteiger partial charge in [-0.25, -0.2) is 12.7 Å². The highest BCUT2D eigenvalue weighted by Crippen LogP contribution is 2.37. The molecule has 0 aromatic carbocycles. The molecule has 0 saturated carbocycles. The summed E-state index contributed by atoms with van der Waals surface area (Å²) < 4.78 is 26.9. The van der Waals surface area contributed by atoms with Crippen molar-refractivity contribution < 1.29 is 18.0 Å². The number of hydrogen-bond acceptors (Lipinski definition) is 6. The van der Waals surface area contributed by atoms with Crippen molar-refractivity contribution in [1.29, 1.82) is 0 Å². The first kappa shape index (κ1) is 20.0. The molecule has 0 radical (unpaired) electrons. The Morgan fingerprint density at radius 3 is 2.70 bits per heavy atom. The van der Waals surface area contributed by atoms with Crippen LogP contribution in [0.1, 0.15) is 36.3 Å². The van der Waals surface area contributed by atoms with Gasteiger partial charge in [-0.3, -0.25) is 9.59 Å². The van der Waals surface area contributed by atoms with Gasteiger partial charge in [0.25, 0.3) is 0 Å². The number of rotatable bonds is 7. The van der Waals surface area contributed by atoms with Gasteiger partial charge in [0.05, 0.1) is 17.7 Å². The molecular weight excluding hydrogens is 368 g/mol. The largest absolute Gasteiger partial charge is 0.358 e. The highest BCUT2D eigenvalue weighted by Gasteiger charge is 2.55. The van der Waals surface area contributed by atoms with E-state index in [-0.39, 0.29) is 29.5 Å². The van der Waals surface area contributed by atoms with Crippen LogP contribution in [0.5, 0.6) is 0 Å². The zero-order valence-electron chi connectivity index (χ0n) is 16.2. The molecule has 1 amide bonds. The van der Waals surface area contributed by atoms with Gasteiger partial charge in [-0.15, -0.1) is 0 Å². The summed E-state index contributed by atoms with van der Waals surface area (Å²) in [5.41, 5.74) is 1.15. The second kappa shape index (κ2) is 7.37. The average Bonchev–Trinajstić information content (AvgIpc) is 3.20. The zero-order chi connectivity index (χ0) is 19.9. The highest BCUT2D eigenvalue weighted by molar-refractivity contribution is 7.90. The van der Waals surface area contributed by atoms with Crippen molar-refractivity contribution in [3.63, 3.8) is 0 Å². The van der Waals surface area contributed by atoms with Gasteiger partial charge in [0.2, 0.25) is 15.9 Å². The molecule has 0 bridgehead atoms. The van der Waals surface area contributed by atoms with Gasteiger partial charge in [-0.2, -0.15) is 0 Å². The Morgan fingerprint density at radius 1 is 1.37 bits per heavy atom. The van der Waals surface area contributed by atoms with Crippen molar-refractivity contribution in [2.45, 2.75) is 38.9 Å². The number of H-pyrrole nitrogens is 1. The molecule has 1 aromatic rings. The number of sulfonamides is 1. The molecule has 2 aliphatic rings. The van der Waals surface area contributed by atoms with E-state index in [0.29, 0.717) is 19.5 Å². The highest BCUT2D eigenvalue weighted by atomic mass is 32.2. The number of Topliss-reactive ketones (excluding diaryl/α,β-unsaturated/α-hetero) is 1. The van der Waals surface area contributed by atoms with Crippen molar-refractivity contribution in [1.82, 2.24) is 19.5 Å². The Labute approximate surface area is 160 Å². The van der Waals surface area contributed by atoms with Crippen LogP contribution in [0.4, 0.5) is 0 Å². The number of aromatic amines is 1. The van der Waals surface area contributed by atoms with Crippen LogP contribution in [0.15, 0.2) is 12.3 Å². The first-order valence-corrected chi connectivity index (χ1v) is 10.9. The van der Waals surface area contributed by atoms with Crippen molar-refractivity contribution in [2.24, 2.45) is 11.8 Å². The minimum atomic E-state index is -4.03. The lowest BCUT2D eigenvalue weighted by atomic mass is 9.89. The summed E-state index contributed by atoms with van der Waals surface area (Å²) in [6.45, 7) is 5.17. The smallest absolute Gasteiger partial charge is 0.245 e. The van der Waals surface area contributed by atoms with Gasteiger partial charge in [0.1, 0.15) is 5.75 Å². The number of nitrogens with zero attached hydrogens (tertiary/aromatic N) is 2. The second-order valence-corrected chi connectivity index (χ2v) is 9.92. The molecule has 2 aliphatic heterocycles. The third-order valence-corrected chi connectivity index (χ3v) is 6.98. The number of ketones is 1. The third kappa shape index (κ3) is 3.81. The van der Waals surface area contributed by atoms with Gasteiger partial charge in [-0.1, -0.05) is 13.8 Å². The van der Waals surface area contributed by atoms with Crippen molar-refractivity contribution in [3.05, 3.63) is 23.5 Å². The lowest BCUT2D eigenvalue weighted by Gasteiger charge is -2.22. The molecule has 2 saturated heterocycles. The molecule has 27 heavy (non-hydrogen) atoms. The predicted molar refractivity (Wildman–Crippen MR) is 102 cm³/mol. The average molecular weight is 397 g/mol. The summed E-state index contributed by atoms with van der Waals surface area (Å²) >= 11 is 0. The van der Waals surface area contributed by atoms with Crippen LogP contribution in [0.3, 0.4) is 0 Å². The van der Waals surface area contributed by atoms with Crippen molar-refractivity contribution in [2.75, 3.05) is 26.4 Å². The van der Waals surface area contributed by atoms with Crippen molar-refractivity contribution in [3.8, 4) is 0 Å². The molecule has 9 heteroatoms. The minimum absolute atomic E-state index is 0.0310. The first-order valence-electron chi connectivity index (χ1n) is 9.26. The zero-order valence-corrected chi connectivity index (χ0v) is 17.0. The fraction of sp³-hybridized carbons (Fsp3) is 0.667. The van der Waals surface area contributed by atoms with Gasteiger partial charge in [-0.05, 0) is 44.6 Å². The van der Waals surface area contributed by atoms with Crippen molar-refractivity contribution >= 4 is 21.7 Å². The summed E-state index contributed by atoms with van der Waals surface area (Å²) in [7, 11) is -0.203. The van der Waals surface area contributed by atoms with Crippen LogP contribution in [0.25, 0.3) is 0 Å². The van der Waals surface area contributed by atoms with Gasteiger partial charge in [0.15, 0.2) is 5.78 Å². The van der Waals surface area contributed by atoms with E-state index < -0.39 is 27.6 Å². The maximum absolute atomic E-state index is 13.0. The Morgan fingerprint density at radius 2 is 2.07 bits per heavy atom. The standard InChI is InChI=1S/C18H28N4O4S/c1-11(2)16-17-14(5-6-19-17)22(18(16)24)27(25,26)10-15(23)13-7-12(8-20-13)9-21(3)4/h7-8,11,14,16-17,19-20H,5-6,9-10H2,1-4H3/t14-,16+,17-/m1/s1. The summed E-state index contributed by atoms with van der Waals surface area (Å²) in [4.78, 5) is 30.2. The summed E-state index contributed by atoms with van der Waals surface area (Å²) in [5, 5.41) is 3.27. The summed E-state index contributed by atoms with van der Waals surface area (Å²) in [5.74, 6) is -1.96. The van der Waals surface area contributed by atoms with Crippen LogP contribution >= 0.6 is 0 Å². The number of fused-ring (bicyclic) bond motifs is 1. The van der Waals surface area contributed by atoms with E-state index in [9.17, 15) is 18.0 Å². The van der Waals surface area contributed by atoms with Gasteiger partial charge in [0, 0.05) is 18.8 Å². The number of nitrogens with one attached hydrogen (secondary N) is 2. The number of carbonyl (C=O) groups excluding carboxylic acids is 2. The number of amides is 1. The summed E-state index contributed by atoms with van der Waals surface area (Å²) in [6.07, 6.45) is 2.29. The fourth-order valence-corrected chi connectivity index (χ4v) is 5.89. The van der Waals surface area contributed by atoms with E-state index in [1.807, 2.05) is 32.8 Å². The lowest BCUT2D eigenvalue weighted by Crippen LogP contribution is -2.43. The van der Waals surface area contributed by atoms with E-state index in [2.05, 4.69) is 10.3 Å². The monoisotopic (exact) mass is 396 g/mol. The Bertz CT molecular complexity index is 830. The minimum Gasteiger partial charge on any atom is -0.358 e. The van der Waals surface area contributed by atoms with E-state index in [1.165, 1.54) is 0 Å². The molecule has 1 aromatic heterocycles. The topological polar surface area (TPSA) is 103 Å². The second-order valence-electron chi connectivity index (χ2n) is 8.08. The van der Waals surface area contributed by atoms with E-state index >= 15 is 0 Å². The molecule has 2 fully saturated rings. The Balaban J connectivity index is 1.79. The van der Waals surface area contributed by atoms with E-state index in [4.69, 9.17) is 0 Å². The molecule has 0 spiro atoms. The normalized spacial score (nSPS) is 25.6. The maximum atomic E-state index is 13.0. The van der Waals surface area contributed by atoms with Gasteiger partial charge >= 0.3 is 0 Å². The number of aromatic nitrogens is 1. The molecule has 8 nitrogen and oxygen atoms in total. The first-order chi connectivity index (χ1) is 12.6. The van der Waals surface area contributed by atoms with E-state index in [0.717, 1.165) is 9.87 Å². The number of hydrogen-bond donors (Lipinski definition) is 2. The molecule has 150 valence electrons. The molecule has 3 heterocycles. The van der Waals surface area contributed by atoms with Crippen LogP contribution in [0.2, 0.25) is 0 Å². The molecule has 0 aliphatic carbocycles. The predicted octanol–water partition coefficient (Wildman–Crippen LogP) is 0.434. The maximum Gasteiger partial charge on any atom is 0.245 e. The lowest BCUT2D eigenvalue weighted by molar-refractivity contribution is -0.128. The molecule has 0 unspecified atom stereocenters. The van der Waals surface area contributed by atoms with E-state index in [1.54, 1.807) is 12.3 Å². The summed E-state index contributed by atoms with van der Waals surface area (Å²) in [6, 6.07) is 1.11. The molecule has 3 atom stereocenters. The Kier molecular flexibility index (Phi) is 5.47. The Hall–Kier alpha value is -1.71. The van der Waals surface area contributed by atoms with Crippen LogP contribution in [-0.2, 0) is 21.4 Å². The SMILES string of the molecule is CC(C)[C@@H]1C(=O)N(S(=O)(=O)CC(=O)c2cc(CN(C)C)c[nH]2)[C@@H]2CCN[C@H]21.